The van der Waals surface area contributed by atoms with Crippen molar-refractivity contribution in [2.24, 2.45) is 0 Å². The molecule has 1 saturated heterocycles. The Morgan fingerprint density at radius 2 is 1.84 bits per heavy atom. The fraction of sp³-hybridized carbons (Fsp3) is 0.389. The number of nitrogens with zero attached hydrogens (tertiary/aromatic N) is 3. The van der Waals surface area contributed by atoms with E-state index in [0.29, 0.717) is 11.7 Å². The summed E-state index contributed by atoms with van der Waals surface area (Å²) in [7, 11) is 1.59. The number of hydrogen-bond acceptors (Lipinski definition) is 6. The van der Waals surface area contributed by atoms with Gasteiger partial charge >= 0.3 is 0 Å². The lowest BCUT2D eigenvalue weighted by Gasteiger charge is -2.38. The van der Waals surface area contributed by atoms with Crippen molar-refractivity contribution < 1.29 is 14.3 Å². The quantitative estimate of drug-likeness (QED) is 0.865. The first kappa shape index (κ1) is 17.0. The van der Waals surface area contributed by atoms with Crippen molar-refractivity contribution in [3.8, 4) is 11.5 Å². The van der Waals surface area contributed by atoms with E-state index >= 15 is 0 Å². The molecule has 0 aliphatic carbocycles. The Morgan fingerprint density at radius 3 is 2.40 bits per heavy atom. The summed E-state index contributed by atoms with van der Waals surface area (Å²) in [6, 6.07) is 7.79. The Kier molecular flexibility index (Phi) is 5.02. The van der Waals surface area contributed by atoms with Gasteiger partial charge in [-0.05, 0) is 24.6 Å². The molecule has 132 valence electrons. The van der Waals surface area contributed by atoms with E-state index in [2.05, 4.69) is 20.2 Å². The molecule has 25 heavy (non-hydrogen) atoms. The maximum atomic E-state index is 11.1. The van der Waals surface area contributed by atoms with Gasteiger partial charge < -0.3 is 19.7 Å². The van der Waals surface area contributed by atoms with Crippen LogP contribution in [0.4, 0.5) is 5.95 Å². The Hall–Kier alpha value is -2.83. The van der Waals surface area contributed by atoms with Gasteiger partial charge in [-0.3, -0.25) is 4.79 Å². The van der Waals surface area contributed by atoms with Gasteiger partial charge in [0.2, 0.25) is 11.9 Å². The molecule has 3 rings (SSSR count). The number of methoxy groups -OCH3 is 1. The molecule has 1 aromatic carbocycles. The predicted molar refractivity (Wildman–Crippen MR) is 93.9 cm³/mol. The van der Waals surface area contributed by atoms with E-state index in [0.717, 1.165) is 24.4 Å². The van der Waals surface area contributed by atoms with Crippen molar-refractivity contribution in [2.75, 3.05) is 25.1 Å². The van der Waals surface area contributed by atoms with Gasteiger partial charge in [0.15, 0.2) is 5.75 Å². The molecule has 1 fully saturated rings. The third kappa shape index (κ3) is 4.17. The molecular formula is C18H22N4O3. The first-order valence-electron chi connectivity index (χ1n) is 8.20. The molecule has 0 spiro atoms. The molecule has 1 amide bonds. The second-order valence-corrected chi connectivity index (χ2v) is 6.06. The van der Waals surface area contributed by atoms with Crippen LogP contribution in [-0.4, -0.2) is 42.2 Å². The van der Waals surface area contributed by atoms with Crippen LogP contribution >= 0.6 is 0 Å². The molecule has 1 atom stereocenters. The lowest BCUT2D eigenvalue weighted by molar-refractivity contribution is -0.119. The topological polar surface area (TPSA) is 76.6 Å². The number of amides is 1. The summed E-state index contributed by atoms with van der Waals surface area (Å²) in [6.45, 7) is 4.96. The third-order valence-electron chi connectivity index (χ3n) is 4.08. The minimum Gasteiger partial charge on any atom is -0.494 e. The molecule has 0 bridgehead atoms. The monoisotopic (exact) mass is 342 g/mol. The molecule has 1 aliphatic rings. The van der Waals surface area contributed by atoms with Gasteiger partial charge in [-0.25, -0.2) is 9.97 Å². The van der Waals surface area contributed by atoms with Gasteiger partial charge in [-0.1, -0.05) is 12.1 Å². The number of aromatic nitrogens is 2. The molecule has 1 unspecified atom stereocenters. The number of anilines is 1. The lowest BCUT2D eigenvalue weighted by atomic mass is 10.1. The molecule has 7 heteroatoms. The van der Waals surface area contributed by atoms with E-state index in [9.17, 15) is 4.79 Å². The molecule has 2 heterocycles. The molecule has 1 N–H and O–H groups in total. The lowest BCUT2D eigenvalue weighted by Crippen LogP contribution is -2.54. The van der Waals surface area contributed by atoms with E-state index < -0.39 is 0 Å². The molecular weight excluding hydrogens is 320 g/mol. The van der Waals surface area contributed by atoms with Gasteiger partial charge in [0.05, 0.1) is 38.6 Å². The summed E-state index contributed by atoms with van der Waals surface area (Å²) in [5, 5.41) is 2.86. The second kappa shape index (κ2) is 7.38. The largest absolute Gasteiger partial charge is 0.494 e. The number of benzene rings is 1. The molecule has 1 aromatic heterocycles. The van der Waals surface area contributed by atoms with Crippen LogP contribution in [0.2, 0.25) is 0 Å². The number of ether oxygens (including phenoxy) is 2. The number of carbonyl (C=O) groups is 1. The average molecular weight is 342 g/mol. The summed E-state index contributed by atoms with van der Waals surface area (Å²) in [6.07, 6.45) is 3.43. The van der Waals surface area contributed by atoms with E-state index in [1.54, 1.807) is 19.5 Å². The standard InChI is InChI=1S/C18H22N4O3/c1-12(21-13(2)23)14-4-6-15(7-5-14)25-17-10-22(11-17)18-19-8-16(24-3)9-20-18/h4-9,12,17H,10-11H2,1-3H3,(H,21,23). The molecule has 7 nitrogen and oxygen atoms in total. The summed E-state index contributed by atoms with van der Waals surface area (Å²) >= 11 is 0. The minimum atomic E-state index is -0.0388. The number of carbonyl (C=O) groups excluding carboxylic acids is 1. The maximum Gasteiger partial charge on any atom is 0.225 e. The number of hydrogen-bond donors (Lipinski definition) is 1. The van der Waals surface area contributed by atoms with Gasteiger partial charge in [0.1, 0.15) is 11.9 Å². The van der Waals surface area contributed by atoms with E-state index in [1.807, 2.05) is 31.2 Å². The SMILES string of the molecule is COc1cnc(N2CC(Oc3ccc(C(C)NC(C)=O)cc3)C2)nc1. The van der Waals surface area contributed by atoms with Crippen molar-refractivity contribution in [1.82, 2.24) is 15.3 Å². The predicted octanol–water partition coefficient (Wildman–Crippen LogP) is 1.95. The Labute approximate surface area is 147 Å². The van der Waals surface area contributed by atoms with Crippen LogP contribution in [0.3, 0.4) is 0 Å². The highest BCUT2D eigenvalue weighted by Crippen LogP contribution is 2.23. The first-order valence-corrected chi connectivity index (χ1v) is 8.20. The normalized spacial score (nSPS) is 15.2. The van der Waals surface area contributed by atoms with Crippen LogP contribution in [-0.2, 0) is 4.79 Å². The summed E-state index contributed by atoms with van der Waals surface area (Å²) < 4.78 is 11.0. The van der Waals surface area contributed by atoms with Crippen LogP contribution in [0.5, 0.6) is 11.5 Å². The Balaban J connectivity index is 1.50. The number of nitrogens with one attached hydrogen (secondary N) is 1. The maximum absolute atomic E-state index is 11.1. The zero-order chi connectivity index (χ0) is 17.8. The van der Waals surface area contributed by atoms with Gasteiger partial charge in [0, 0.05) is 6.92 Å². The molecule has 2 aromatic rings. The van der Waals surface area contributed by atoms with E-state index in [-0.39, 0.29) is 18.1 Å². The van der Waals surface area contributed by atoms with Crippen molar-refractivity contribution in [3.63, 3.8) is 0 Å². The fourth-order valence-corrected chi connectivity index (χ4v) is 2.67. The van der Waals surface area contributed by atoms with Gasteiger partial charge in [-0.2, -0.15) is 0 Å². The van der Waals surface area contributed by atoms with E-state index in [1.165, 1.54) is 6.92 Å². The highest BCUT2D eigenvalue weighted by Gasteiger charge is 2.30. The number of rotatable bonds is 6. The van der Waals surface area contributed by atoms with Crippen LogP contribution in [0.15, 0.2) is 36.7 Å². The summed E-state index contributed by atoms with van der Waals surface area (Å²) in [5.41, 5.74) is 1.05. The minimum absolute atomic E-state index is 0.0158. The highest BCUT2D eigenvalue weighted by atomic mass is 16.5. The zero-order valence-corrected chi connectivity index (χ0v) is 14.6. The van der Waals surface area contributed by atoms with Crippen LogP contribution in [0.1, 0.15) is 25.5 Å². The molecule has 0 radical (unpaired) electrons. The van der Waals surface area contributed by atoms with Gasteiger partial charge in [0.25, 0.3) is 0 Å². The second-order valence-electron chi connectivity index (χ2n) is 6.06. The smallest absolute Gasteiger partial charge is 0.225 e. The average Bonchev–Trinajstić information content (AvgIpc) is 2.58. The molecule has 1 aliphatic heterocycles. The van der Waals surface area contributed by atoms with Gasteiger partial charge in [-0.15, -0.1) is 0 Å². The Morgan fingerprint density at radius 1 is 1.20 bits per heavy atom. The third-order valence-corrected chi connectivity index (χ3v) is 4.08. The Bertz CT molecular complexity index is 712. The van der Waals surface area contributed by atoms with E-state index in [4.69, 9.17) is 9.47 Å². The van der Waals surface area contributed by atoms with Crippen molar-refractivity contribution >= 4 is 11.9 Å². The highest BCUT2D eigenvalue weighted by molar-refractivity contribution is 5.73. The zero-order valence-electron chi connectivity index (χ0n) is 14.6. The summed E-state index contributed by atoms with van der Waals surface area (Å²) in [5.74, 6) is 2.10. The van der Waals surface area contributed by atoms with Crippen molar-refractivity contribution in [2.45, 2.75) is 26.0 Å². The van der Waals surface area contributed by atoms with Crippen molar-refractivity contribution in [1.29, 1.82) is 0 Å². The van der Waals surface area contributed by atoms with Crippen LogP contribution < -0.4 is 19.7 Å². The molecule has 0 saturated carbocycles. The fourth-order valence-electron chi connectivity index (χ4n) is 2.67. The van der Waals surface area contributed by atoms with Crippen molar-refractivity contribution in [3.05, 3.63) is 42.2 Å². The first-order chi connectivity index (χ1) is 12.0. The van der Waals surface area contributed by atoms with Crippen LogP contribution in [0, 0.1) is 0 Å². The van der Waals surface area contributed by atoms with Crippen LogP contribution in [0.25, 0.3) is 0 Å². The summed E-state index contributed by atoms with van der Waals surface area (Å²) in [4.78, 5) is 21.7.